The first-order valence-electron chi connectivity index (χ1n) is 7.66. The molecule has 0 bridgehead atoms. The van der Waals surface area contributed by atoms with E-state index in [0.29, 0.717) is 18.9 Å². The minimum absolute atomic E-state index is 0.0523. The monoisotopic (exact) mass is 319 g/mol. The Labute approximate surface area is 128 Å². The third kappa shape index (κ3) is 4.42. The molecule has 0 aromatic carbocycles. The van der Waals surface area contributed by atoms with Gasteiger partial charge in [0.2, 0.25) is 0 Å². The van der Waals surface area contributed by atoms with E-state index in [1.807, 2.05) is 0 Å². The fourth-order valence-electron chi connectivity index (χ4n) is 3.23. The molecule has 6 heteroatoms. The Morgan fingerprint density at radius 2 is 1.95 bits per heavy atom. The molecule has 0 aliphatic heterocycles. The number of methoxy groups -OCH3 is 1. The van der Waals surface area contributed by atoms with E-state index in [4.69, 9.17) is 5.73 Å². The van der Waals surface area contributed by atoms with E-state index in [1.54, 1.807) is 0 Å². The average Bonchev–Trinajstić information content (AvgIpc) is 2.45. The SMILES string of the molecule is CCC(C)(C)C1CCC(CN)C(S(=O)(=O)CC(=O)OC)C1. The van der Waals surface area contributed by atoms with Crippen LogP contribution in [0.4, 0.5) is 0 Å². The smallest absolute Gasteiger partial charge is 0.320 e. The summed E-state index contributed by atoms with van der Waals surface area (Å²) in [5.41, 5.74) is 5.87. The lowest BCUT2D eigenvalue weighted by Crippen LogP contribution is -2.44. The average molecular weight is 319 g/mol. The maximum Gasteiger partial charge on any atom is 0.320 e. The van der Waals surface area contributed by atoms with Crippen LogP contribution < -0.4 is 5.73 Å². The van der Waals surface area contributed by atoms with Gasteiger partial charge in [0.15, 0.2) is 9.84 Å². The zero-order valence-electron chi connectivity index (χ0n) is 13.6. The van der Waals surface area contributed by atoms with Crippen LogP contribution in [0.5, 0.6) is 0 Å². The second-order valence-corrected chi connectivity index (χ2v) is 8.99. The Morgan fingerprint density at radius 3 is 2.43 bits per heavy atom. The van der Waals surface area contributed by atoms with Gasteiger partial charge < -0.3 is 10.5 Å². The number of nitrogens with two attached hydrogens (primary N) is 1. The number of carbonyl (C=O) groups is 1. The van der Waals surface area contributed by atoms with Crippen LogP contribution in [-0.4, -0.2) is 39.0 Å². The summed E-state index contributed by atoms with van der Waals surface area (Å²) in [5, 5.41) is -0.522. The molecule has 21 heavy (non-hydrogen) atoms. The zero-order valence-corrected chi connectivity index (χ0v) is 14.4. The van der Waals surface area contributed by atoms with E-state index < -0.39 is 26.8 Å². The maximum absolute atomic E-state index is 12.5. The van der Waals surface area contributed by atoms with Gasteiger partial charge in [-0.1, -0.05) is 27.2 Å². The molecule has 0 heterocycles. The van der Waals surface area contributed by atoms with Gasteiger partial charge in [0, 0.05) is 0 Å². The number of rotatable bonds is 6. The topological polar surface area (TPSA) is 86.5 Å². The summed E-state index contributed by atoms with van der Waals surface area (Å²) in [4.78, 5) is 11.4. The molecule has 0 aromatic heterocycles. The van der Waals surface area contributed by atoms with Gasteiger partial charge in [0.05, 0.1) is 12.4 Å². The van der Waals surface area contributed by atoms with Crippen LogP contribution in [0.3, 0.4) is 0 Å². The second-order valence-electron chi connectivity index (χ2n) is 6.77. The first-order valence-corrected chi connectivity index (χ1v) is 9.38. The van der Waals surface area contributed by atoms with Crippen molar-refractivity contribution in [2.45, 2.75) is 51.7 Å². The van der Waals surface area contributed by atoms with Crippen LogP contribution in [0.15, 0.2) is 0 Å². The molecule has 3 unspecified atom stereocenters. The summed E-state index contributed by atoms with van der Waals surface area (Å²) in [6.45, 7) is 6.85. The van der Waals surface area contributed by atoms with Crippen molar-refractivity contribution in [1.82, 2.24) is 0 Å². The van der Waals surface area contributed by atoms with E-state index in [2.05, 4.69) is 25.5 Å². The van der Waals surface area contributed by atoms with Crippen LogP contribution in [-0.2, 0) is 19.4 Å². The molecule has 1 saturated carbocycles. The molecular weight excluding hydrogens is 290 g/mol. The van der Waals surface area contributed by atoms with E-state index in [9.17, 15) is 13.2 Å². The van der Waals surface area contributed by atoms with E-state index in [-0.39, 0.29) is 11.3 Å². The molecule has 124 valence electrons. The van der Waals surface area contributed by atoms with Crippen molar-refractivity contribution in [3.05, 3.63) is 0 Å². The van der Waals surface area contributed by atoms with Gasteiger partial charge in [-0.3, -0.25) is 4.79 Å². The van der Waals surface area contributed by atoms with Gasteiger partial charge in [-0.05, 0) is 43.1 Å². The number of sulfone groups is 1. The van der Waals surface area contributed by atoms with Crippen LogP contribution in [0, 0.1) is 17.3 Å². The normalized spacial score (nSPS) is 27.4. The Morgan fingerprint density at radius 1 is 1.33 bits per heavy atom. The van der Waals surface area contributed by atoms with Gasteiger partial charge in [0.1, 0.15) is 5.75 Å². The lowest BCUT2D eigenvalue weighted by atomic mass is 9.67. The Hall–Kier alpha value is -0.620. The third-order valence-corrected chi connectivity index (χ3v) is 7.39. The quantitative estimate of drug-likeness (QED) is 0.754. The van der Waals surface area contributed by atoms with Gasteiger partial charge in [-0.25, -0.2) is 8.42 Å². The molecule has 1 aliphatic rings. The molecule has 0 saturated heterocycles. The number of esters is 1. The van der Waals surface area contributed by atoms with Crippen molar-refractivity contribution >= 4 is 15.8 Å². The largest absolute Gasteiger partial charge is 0.468 e. The highest BCUT2D eigenvalue weighted by atomic mass is 32.2. The lowest BCUT2D eigenvalue weighted by Gasteiger charge is -2.42. The fourth-order valence-corrected chi connectivity index (χ4v) is 5.25. The second kappa shape index (κ2) is 7.09. The van der Waals surface area contributed by atoms with Crippen LogP contribution in [0.1, 0.15) is 46.5 Å². The molecule has 2 N–H and O–H groups in total. The summed E-state index contributed by atoms with van der Waals surface area (Å²) >= 11 is 0. The number of hydrogen-bond acceptors (Lipinski definition) is 5. The first-order chi connectivity index (χ1) is 9.67. The maximum atomic E-state index is 12.5. The highest BCUT2D eigenvalue weighted by Crippen LogP contribution is 2.44. The Balaban J connectivity index is 2.96. The summed E-state index contributed by atoms with van der Waals surface area (Å²) in [6, 6.07) is 0. The predicted octanol–water partition coefficient (Wildman–Crippen LogP) is 1.75. The van der Waals surface area contributed by atoms with E-state index in [1.165, 1.54) is 7.11 Å². The standard InChI is InChI=1S/C15H29NO4S/c1-5-15(2,3)12-7-6-11(9-16)13(8-12)21(18,19)10-14(17)20-4/h11-13H,5-10,16H2,1-4H3. The summed E-state index contributed by atoms with van der Waals surface area (Å²) in [5.74, 6) is -0.932. The van der Waals surface area contributed by atoms with Gasteiger partial charge in [0.25, 0.3) is 0 Å². The lowest BCUT2D eigenvalue weighted by molar-refractivity contribution is -0.137. The Bertz CT molecular complexity index is 458. The van der Waals surface area contributed by atoms with Crippen LogP contribution in [0.25, 0.3) is 0 Å². The summed E-state index contributed by atoms with van der Waals surface area (Å²) in [6.07, 6.45) is 3.43. The molecule has 0 amide bonds. The highest BCUT2D eigenvalue weighted by Gasteiger charge is 2.43. The third-order valence-electron chi connectivity index (χ3n) is 5.26. The van der Waals surface area contributed by atoms with E-state index in [0.717, 1.165) is 19.3 Å². The van der Waals surface area contributed by atoms with Gasteiger partial charge in [-0.15, -0.1) is 0 Å². The van der Waals surface area contributed by atoms with Gasteiger partial charge >= 0.3 is 5.97 Å². The molecule has 5 nitrogen and oxygen atoms in total. The van der Waals surface area contributed by atoms with Crippen molar-refractivity contribution in [2.24, 2.45) is 23.0 Å². The van der Waals surface area contributed by atoms with Crippen molar-refractivity contribution in [2.75, 3.05) is 19.4 Å². The molecule has 1 aliphatic carbocycles. The van der Waals surface area contributed by atoms with Crippen molar-refractivity contribution in [3.63, 3.8) is 0 Å². The minimum Gasteiger partial charge on any atom is -0.468 e. The molecular formula is C15H29NO4S. The van der Waals surface area contributed by atoms with Gasteiger partial charge in [-0.2, -0.15) is 0 Å². The number of carbonyl (C=O) groups excluding carboxylic acids is 1. The van der Waals surface area contributed by atoms with Crippen LogP contribution >= 0.6 is 0 Å². The molecule has 1 rings (SSSR count). The summed E-state index contributed by atoms with van der Waals surface area (Å²) in [7, 11) is -2.30. The van der Waals surface area contributed by atoms with Crippen molar-refractivity contribution in [1.29, 1.82) is 0 Å². The molecule has 0 spiro atoms. The van der Waals surface area contributed by atoms with Crippen molar-refractivity contribution in [3.8, 4) is 0 Å². The number of hydrogen-bond donors (Lipinski definition) is 1. The van der Waals surface area contributed by atoms with Crippen LogP contribution in [0.2, 0.25) is 0 Å². The zero-order chi connectivity index (χ0) is 16.3. The molecule has 3 atom stereocenters. The number of ether oxygens (including phenoxy) is 1. The van der Waals surface area contributed by atoms with E-state index >= 15 is 0 Å². The highest BCUT2D eigenvalue weighted by molar-refractivity contribution is 7.92. The molecule has 0 radical (unpaired) electrons. The summed E-state index contributed by atoms with van der Waals surface area (Å²) < 4.78 is 29.6. The minimum atomic E-state index is -3.51. The molecule has 1 fully saturated rings. The molecule has 0 aromatic rings. The van der Waals surface area contributed by atoms with Crippen molar-refractivity contribution < 1.29 is 17.9 Å². The predicted molar refractivity (Wildman–Crippen MR) is 83.5 cm³/mol. The fraction of sp³-hybridized carbons (Fsp3) is 0.933. The Kier molecular flexibility index (Phi) is 6.23. The first kappa shape index (κ1) is 18.4.